The highest BCUT2D eigenvalue weighted by Crippen LogP contribution is 2.30. The number of nitrogens with two attached hydrogens (primary N) is 1. The Morgan fingerprint density at radius 1 is 1.12 bits per heavy atom. The van der Waals surface area contributed by atoms with Crippen LogP contribution in [0.3, 0.4) is 0 Å². The van der Waals surface area contributed by atoms with Crippen molar-refractivity contribution in [3.8, 4) is 11.5 Å². The van der Waals surface area contributed by atoms with E-state index in [1.807, 2.05) is 31.2 Å². The summed E-state index contributed by atoms with van der Waals surface area (Å²) >= 11 is 0. The number of hydrogen-bond donors (Lipinski definition) is 1. The van der Waals surface area contributed by atoms with Gasteiger partial charge in [0.15, 0.2) is 12.3 Å². The second-order valence-electron chi connectivity index (χ2n) is 5.91. The van der Waals surface area contributed by atoms with E-state index >= 15 is 0 Å². The van der Waals surface area contributed by atoms with Gasteiger partial charge in [0, 0.05) is 0 Å². The van der Waals surface area contributed by atoms with Crippen molar-refractivity contribution in [3.05, 3.63) is 54.1 Å². The van der Waals surface area contributed by atoms with Crippen LogP contribution in [0, 0.1) is 6.92 Å². The van der Waals surface area contributed by atoms with Crippen LogP contribution in [-0.2, 0) is 4.79 Å². The average Bonchev–Trinajstić information content (AvgIpc) is 2.55. The summed E-state index contributed by atoms with van der Waals surface area (Å²) in [6.07, 6.45) is 1.66. The van der Waals surface area contributed by atoms with Crippen LogP contribution in [0.5, 0.6) is 11.5 Å². The number of ether oxygens (including phenoxy) is 2. The number of urea groups is 1. The van der Waals surface area contributed by atoms with Gasteiger partial charge in [-0.25, -0.2) is 4.79 Å². The van der Waals surface area contributed by atoms with Crippen LogP contribution in [0.25, 0.3) is 0 Å². The van der Waals surface area contributed by atoms with E-state index in [4.69, 9.17) is 15.2 Å². The molecule has 0 heterocycles. The first-order valence-corrected chi connectivity index (χ1v) is 7.77. The Hall–Kier alpha value is -3.02. The molecule has 2 rings (SSSR count). The zero-order chi connectivity index (χ0) is 18.4. The molecule has 0 atom stereocenters. The fourth-order valence-electron chi connectivity index (χ4n) is 2.54. The van der Waals surface area contributed by atoms with Crippen LogP contribution in [0.15, 0.2) is 48.5 Å². The monoisotopic (exact) mass is 341 g/mol. The van der Waals surface area contributed by atoms with E-state index in [9.17, 15) is 9.59 Å². The standard InChI is InChI=1S/C19H21N2O4/c1-14-6-4-5-7-17(14)21(18(20)23)19(2,3)25-16-10-8-15(9-11-16)24-13-12-22/h4-11H,13H2,1-3H3,(H2,20,23). The molecule has 0 aliphatic heterocycles. The van der Waals surface area contributed by atoms with Crippen LogP contribution in [0.4, 0.5) is 10.5 Å². The summed E-state index contributed by atoms with van der Waals surface area (Å²) in [6.45, 7) is 5.29. The van der Waals surface area contributed by atoms with Gasteiger partial charge >= 0.3 is 6.03 Å². The fourth-order valence-corrected chi connectivity index (χ4v) is 2.54. The molecular formula is C19H21N2O4. The van der Waals surface area contributed by atoms with E-state index in [0.717, 1.165) is 5.56 Å². The minimum absolute atomic E-state index is 0.131. The lowest BCUT2D eigenvalue weighted by Crippen LogP contribution is -2.54. The number of benzene rings is 2. The number of primary amides is 1. The molecule has 6 nitrogen and oxygen atoms in total. The van der Waals surface area contributed by atoms with Crippen molar-refractivity contribution in [1.29, 1.82) is 0 Å². The Balaban J connectivity index is 2.24. The van der Waals surface area contributed by atoms with Gasteiger partial charge in [-0.2, -0.15) is 0 Å². The molecule has 131 valence electrons. The summed E-state index contributed by atoms with van der Waals surface area (Å²) in [5.74, 6) is 1.06. The first kappa shape index (κ1) is 18.3. The Kier molecular flexibility index (Phi) is 5.64. The predicted molar refractivity (Wildman–Crippen MR) is 95.6 cm³/mol. The van der Waals surface area contributed by atoms with Gasteiger partial charge < -0.3 is 15.2 Å². The highest BCUT2D eigenvalue weighted by Gasteiger charge is 2.34. The molecule has 2 aromatic rings. The molecule has 0 aromatic heterocycles. The normalized spacial score (nSPS) is 10.8. The highest BCUT2D eigenvalue weighted by molar-refractivity contribution is 5.92. The van der Waals surface area contributed by atoms with Gasteiger partial charge in [-0.05, 0) is 56.7 Å². The Morgan fingerprint density at radius 3 is 2.28 bits per heavy atom. The minimum Gasteiger partial charge on any atom is -0.485 e. The molecule has 1 radical (unpaired) electrons. The van der Waals surface area contributed by atoms with Gasteiger partial charge in [-0.1, -0.05) is 18.2 Å². The maximum atomic E-state index is 12.1. The van der Waals surface area contributed by atoms with E-state index in [0.29, 0.717) is 17.2 Å². The third-order valence-electron chi connectivity index (χ3n) is 3.60. The second kappa shape index (κ2) is 7.70. The van der Waals surface area contributed by atoms with Crippen molar-refractivity contribution in [2.45, 2.75) is 26.5 Å². The third-order valence-corrected chi connectivity index (χ3v) is 3.60. The van der Waals surface area contributed by atoms with Gasteiger partial charge in [0.2, 0.25) is 6.29 Å². The van der Waals surface area contributed by atoms with Crippen molar-refractivity contribution in [2.75, 3.05) is 11.5 Å². The molecule has 0 saturated carbocycles. The molecule has 0 aliphatic carbocycles. The van der Waals surface area contributed by atoms with E-state index in [2.05, 4.69) is 0 Å². The van der Waals surface area contributed by atoms with Gasteiger partial charge in [0.05, 0.1) is 5.69 Å². The van der Waals surface area contributed by atoms with Crippen molar-refractivity contribution < 1.29 is 19.1 Å². The molecule has 2 aromatic carbocycles. The number of amides is 2. The third kappa shape index (κ3) is 4.50. The second-order valence-corrected chi connectivity index (χ2v) is 5.91. The molecule has 0 saturated heterocycles. The number of para-hydroxylation sites is 1. The minimum atomic E-state index is -1.02. The highest BCUT2D eigenvalue weighted by atomic mass is 16.5. The molecule has 0 spiro atoms. The van der Waals surface area contributed by atoms with Crippen LogP contribution in [-0.4, -0.2) is 24.6 Å². The average molecular weight is 341 g/mol. The largest absolute Gasteiger partial charge is 0.485 e. The van der Waals surface area contributed by atoms with Crippen LogP contribution >= 0.6 is 0 Å². The van der Waals surface area contributed by atoms with E-state index in [1.54, 1.807) is 44.4 Å². The molecule has 2 amide bonds. The summed E-state index contributed by atoms with van der Waals surface area (Å²) in [4.78, 5) is 23.7. The quantitative estimate of drug-likeness (QED) is 0.784. The predicted octanol–water partition coefficient (Wildman–Crippen LogP) is 3.18. The van der Waals surface area contributed by atoms with Crippen LogP contribution in [0.1, 0.15) is 19.4 Å². The van der Waals surface area contributed by atoms with Gasteiger partial charge in [-0.3, -0.25) is 9.69 Å². The molecule has 2 N–H and O–H groups in total. The van der Waals surface area contributed by atoms with Crippen molar-refractivity contribution >= 4 is 18.0 Å². The smallest absolute Gasteiger partial charge is 0.322 e. The zero-order valence-corrected chi connectivity index (χ0v) is 14.5. The summed E-state index contributed by atoms with van der Waals surface area (Å²) in [7, 11) is 0. The maximum Gasteiger partial charge on any atom is 0.322 e. The van der Waals surface area contributed by atoms with Gasteiger partial charge in [-0.15, -0.1) is 0 Å². The first-order valence-electron chi connectivity index (χ1n) is 7.77. The number of aryl methyl sites for hydroxylation is 1. The van der Waals surface area contributed by atoms with E-state index in [1.165, 1.54) is 4.90 Å². The van der Waals surface area contributed by atoms with Crippen molar-refractivity contribution in [1.82, 2.24) is 0 Å². The lowest BCUT2D eigenvalue weighted by molar-refractivity contribution is 0.110. The summed E-state index contributed by atoms with van der Waals surface area (Å²) in [5, 5.41) is 0. The molecule has 0 unspecified atom stereocenters. The van der Waals surface area contributed by atoms with Gasteiger partial charge in [0.25, 0.3) is 0 Å². The number of nitrogens with zero attached hydrogens (tertiary/aromatic N) is 1. The molecular weight excluding hydrogens is 320 g/mol. The Morgan fingerprint density at radius 2 is 1.72 bits per heavy atom. The van der Waals surface area contributed by atoms with Gasteiger partial charge in [0.1, 0.15) is 11.5 Å². The Bertz CT molecular complexity index is 741. The van der Waals surface area contributed by atoms with Crippen LogP contribution in [0.2, 0.25) is 0 Å². The number of rotatable bonds is 7. The number of carbonyl (C=O) groups excluding carboxylic acids is 2. The summed E-state index contributed by atoms with van der Waals surface area (Å²) < 4.78 is 11.1. The van der Waals surface area contributed by atoms with Crippen molar-refractivity contribution in [3.63, 3.8) is 0 Å². The first-order chi connectivity index (χ1) is 11.8. The zero-order valence-electron chi connectivity index (χ0n) is 14.5. The number of anilines is 1. The Labute approximate surface area is 147 Å². The SMILES string of the molecule is Cc1ccccc1N(C(N)=O)C(C)(C)Oc1ccc(OC[C]=O)cc1. The summed E-state index contributed by atoms with van der Waals surface area (Å²) in [5.41, 5.74) is 6.18. The summed E-state index contributed by atoms with van der Waals surface area (Å²) in [6, 6.07) is 13.6. The molecule has 6 heteroatoms. The molecule has 0 bridgehead atoms. The number of carbonyl (C=O) groups is 1. The molecule has 0 fully saturated rings. The lowest BCUT2D eigenvalue weighted by atomic mass is 10.1. The van der Waals surface area contributed by atoms with E-state index < -0.39 is 11.8 Å². The fraction of sp³-hybridized carbons (Fsp3) is 0.263. The maximum absolute atomic E-state index is 12.1. The lowest BCUT2D eigenvalue weighted by Gasteiger charge is -2.38. The molecule has 0 aliphatic rings. The van der Waals surface area contributed by atoms with Crippen LogP contribution < -0.4 is 20.1 Å². The van der Waals surface area contributed by atoms with Crippen molar-refractivity contribution in [2.24, 2.45) is 5.73 Å². The molecule has 25 heavy (non-hydrogen) atoms. The van der Waals surface area contributed by atoms with E-state index in [-0.39, 0.29) is 6.61 Å². The number of hydrogen-bond acceptors (Lipinski definition) is 4. The topological polar surface area (TPSA) is 81.9 Å².